The van der Waals surface area contributed by atoms with Crippen molar-refractivity contribution in [3.63, 3.8) is 0 Å². The van der Waals surface area contributed by atoms with Crippen molar-refractivity contribution >= 4 is 23.4 Å². The van der Waals surface area contributed by atoms with Crippen molar-refractivity contribution in [3.8, 4) is 0 Å². The molecule has 0 saturated heterocycles. The monoisotopic (exact) mass is 269 g/mol. The maximum Gasteiger partial charge on any atom is 0.0467 e. The third-order valence-electron chi connectivity index (χ3n) is 3.38. The molecule has 0 aliphatic carbocycles. The van der Waals surface area contributed by atoms with Gasteiger partial charge in [-0.25, -0.2) is 0 Å². The number of hydrogen-bond donors (Lipinski definition) is 1. The second kappa shape index (κ2) is 4.83. The van der Waals surface area contributed by atoms with Gasteiger partial charge in [0.15, 0.2) is 0 Å². The van der Waals surface area contributed by atoms with E-state index in [9.17, 15) is 0 Å². The van der Waals surface area contributed by atoms with Crippen LogP contribution in [0.25, 0.3) is 0 Å². The first-order chi connectivity index (χ1) is 7.95. The van der Waals surface area contributed by atoms with E-state index in [1.807, 2.05) is 11.8 Å². The van der Waals surface area contributed by atoms with Crippen LogP contribution in [0.5, 0.6) is 0 Å². The average molecular weight is 270 g/mol. The standard InChI is InChI=1S/C14H20ClNS/c1-5-16-13-10-6-9(2)7-12(15)11(10)8-17-14(13,3)4/h6-7,13,16H,5,8H2,1-4H3. The van der Waals surface area contributed by atoms with Gasteiger partial charge in [0.25, 0.3) is 0 Å². The number of benzene rings is 1. The molecule has 1 atom stereocenters. The molecule has 3 heteroatoms. The van der Waals surface area contributed by atoms with Gasteiger partial charge in [-0.3, -0.25) is 0 Å². The van der Waals surface area contributed by atoms with Gasteiger partial charge >= 0.3 is 0 Å². The number of thioether (sulfide) groups is 1. The van der Waals surface area contributed by atoms with Crippen LogP contribution in [-0.4, -0.2) is 11.3 Å². The van der Waals surface area contributed by atoms with Crippen LogP contribution < -0.4 is 5.32 Å². The van der Waals surface area contributed by atoms with Gasteiger partial charge in [-0.15, -0.1) is 11.8 Å². The summed E-state index contributed by atoms with van der Waals surface area (Å²) in [6.45, 7) is 9.88. The number of halogens is 1. The van der Waals surface area contributed by atoms with Gasteiger partial charge in [0.05, 0.1) is 0 Å². The lowest BCUT2D eigenvalue weighted by Gasteiger charge is -2.40. The van der Waals surface area contributed by atoms with E-state index >= 15 is 0 Å². The molecule has 0 bridgehead atoms. The Morgan fingerprint density at radius 2 is 2.18 bits per heavy atom. The summed E-state index contributed by atoms with van der Waals surface area (Å²) >= 11 is 8.35. The van der Waals surface area contributed by atoms with Crippen LogP contribution in [0.3, 0.4) is 0 Å². The molecule has 2 rings (SSSR count). The molecule has 0 radical (unpaired) electrons. The SMILES string of the molecule is CCNC1c2cc(C)cc(Cl)c2CSC1(C)C. The molecule has 0 amide bonds. The Morgan fingerprint density at radius 3 is 2.82 bits per heavy atom. The Balaban J connectivity index is 2.52. The van der Waals surface area contributed by atoms with E-state index in [4.69, 9.17) is 11.6 Å². The first-order valence-corrected chi connectivity index (χ1v) is 7.48. The molecule has 1 nitrogen and oxygen atoms in total. The molecule has 1 unspecified atom stereocenters. The molecule has 0 saturated carbocycles. The van der Waals surface area contributed by atoms with Crippen LogP contribution in [0.4, 0.5) is 0 Å². The summed E-state index contributed by atoms with van der Waals surface area (Å²) < 4.78 is 0.222. The van der Waals surface area contributed by atoms with Crippen molar-refractivity contribution in [1.82, 2.24) is 5.32 Å². The lowest BCUT2D eigenvalue weighted by atomic mass is 9.90. The molecule has 0 fully saturated rings. The maximum absolute atomic E-state index is 6.36. The van der Waals surface area contributed by atoms with Crippen molar-refractivity contribution in [3.05, 3.63) is 33.8 Å². The van der Waals surface area contributed by atoms with E-state index in [0.717, 1.165) is 17.3 Å². The van der Waals surface area contributed by atoms with Gasteiger partial charge in [0, 0.05) is 21.6 Å². The second-order valence-corrected chi connectivity index (χ2v) is 7.23. The molecule has 0 spiro atoms. The van der Waals surface area contributed by atoms with Crippen LogP contribution in [0.15, 0.2) is 12.1 Å². The van der Waals surface area contributed by atoms with E-state index in [-0.39, 0.29) is 4.75 Å². The predicted molar refractivity (Wildman–Crippen MR) is 78.0 cm³/mol. The summed E-state index contributed by atoms with van der Waals surface area (Å²) in [6, 6.07) is 4.75. The fourth-order valence-electron chi connectivity index (χ4n) is 2.48. The number of nitrogens with one attached hydrogen (secondary N) is 1. The van der Waals surface area contributed by atoms with Crippen molar-refractivity contribution in [1.29, 1.82) is 0 Å². The Labute approximate surface area is 113 Å². The largest absolute Gasteiger partial charge is 0.309 e. The van der Waals surface area contributed by atoms with Gasteiger partial charge in [-0.1, -0.05) is 24.6 Å². The fraction of sp³-hybridized carbons (Fsp3) is 0.571. The Morgan fingerprint density at radius 1 is 1.47 bits per heavy atom. The average Bonchev–Trinajstić information content (AvgIpc) is 2.22. The van der Waals surface area contributed by atoms with Crippen LogP contribution >= 0.6 is 23.4 Å². The van der Waals surface area contributed by atoms with Crippen molar-refractivity contribution in [2.24, 2.45) is 0 Å². The minimum absolute atomic E-state index is 0.222. The summed E-state index contributed by atoms with van der Waals surface area (Å²) in [7, 11) is 0. The van der Waals surface area contributed by atoms with Crippen LogP contribution in [0.1, 0.15) is 43.5 Å². The Bertz CT molecular complexity index is 428. The van der Waals surface area contributed by atoms with Crippen molar-refractivity contribution in [2.75, 3.05) is 6.54 Å². The highest BCUT2D eigenvalue weighted by molar-refractivity contribution is 8.00. The number of hydrogen-bond acceptors (Lipinski definition) is 2. The number of rotatable bonds is 2. The zero-order valence-electron chi connectivity index (χ0n) is 10.9. The highest BCUT2D eigenvalue weighted by Gasteiger charge is 2.36. The van der Waals surface area contributed by atoms with Gasteiger partial charge < -0.3 is 5.32 Å². The van der Waals surface area contributed by atoms with E-state index < -0.39 is 0 Å². The van der Waals surface area contributed by atoms with Crippen molar-refractivity contribution < 1.29 is 0 Å². The fourth-order valence-corrected chi connectivity index (χ4v) is 4.13. The molecule has 94 valence electrons. The molecule has 1 heterocycles. The minimum atomic E-state index is 0.222. The quantitative estimate of drug-likeness (QED) is 0.858. The zero-order valence-corrected chi connectivity index (χ0v) is 12.5. The predicted octanol–water partition coefficient (Wildman–Crippen LogP) is 4.32. The summed E-state index contributed by atoms with van der Waals surface area (Å²) in [6.07, 6.45) is 0. The van der Waals surface area contributed by atoms with Crippen molar-refractivity contribution in [2.45, 2.75) is 44.2 Å². The highest BCUT2D eigenvalue weighted by atomic mass is 35.5. The Hall–Kier alpha value is -0.180. The number of fused-ring (bicyclic) bond motifs is 1. The van der Waals surface area contributed by atoms with E-state index in [1.54, 1.807) is 0 Å². The third kappa shape index (κ3) is 2.49. The first kappa shape index (κ1) is 13.3. The normalized spacial score (nSPS) is 22.3. The van der Waals surface area contributed by atoms with E-state index in [1.165, 1.54) is 16.7 Å². The van der Waals surface area contributed by atoms with Crippen LogP contribution in [0.2, 0.25) is 5.02 Å². The first-order valence-electron chi connectivity index (χ1n) is 6.12. The molecule has 1 aromatic rings. The molecular formula is C14H20ClNS. The van der Waals surface area contributed by atoms with E-state index in [2.05, 4.69) is 45.1 Å². The van der Waals surface area contributed by atoms with Gasteiger partial charge in [-0.2, -0.15) is 0 Å². The molecule has 1 aromatic carbocycles. The lowest BCUT2D eigenvalue weighted by molar-refractivity contribution is 0.450. The lowest BCUT2D eigenvalue weighted by Crippen LogP contribution is -2.40. The summed E-state index contributed by atoms with van der Waals surface area (Å²) in [5, 5.41) is 4.53. The van der Waals surface area contributed by atoms with Crippen LogP contribution in [-0.2, 0) is 5.75 Å². The molecule has 1 N–H and O–H groups in total. The molecule has 1 aliphatic heterocycles. The third-order valence-corrected chi connectivity index (χ3v) is 5.13. The van der Waals surface area contributed by atoms with Gasteiger partial charge in [0.2, 0.25) is 0 Å². The topological polar surface area (TPSA) is 12.0 Å². The highest BCUT2D eigenvalue weighted by Crippen LogP contribution is 2.47. The summed E-state index contributed by atoms with van der Waals surface area (Å²) in [5.41, 5.74) is 3.95. The molecule has 0 aromatic heterocycles. The summed E-state index contributed by atoms with van der Waals surface area (Å²) in [5.74, 6) is 1.02. The molecule has 17 heavy (non-hydrogen) atoms. The Kier molecular flexibility index (Phi) is 3.77. The van der Waals surface area contributed by atoms with E-state index in [0.29, 0.717) is 6.04 Å². The molecular weight excluding hydrogens is 250 g/mol. The summed E-state index contributed by atoms with van der Waals surface area (Å²) in [4.78, 5) is 0. The number of aryl methyl sites for hydroxylation is 1. The molecule has 1 aliphatic rings. The smallest absolute Gasteiger partial charge is 0.0467 e. The zero-order chi connectivity index (χ0) is 12.6. The van der Waals surface area contributed by atoms with Gasteiger partial charge in [0.1, 0.15) is 0 Å². The second-order valence-electron chi connectivity index (χ2n) is 5.20. The van der Waals surface area contributed by atoms with Gasteiger partial charge in [-0.05, 0) is 50.1 Å². The minimum Gasteiger partial charge on any atom is -0.309 e. The van der Waals surface area contributed by atoms with Crippen LogP contribution in [0, 0.1) is 6.92 Å². The maximum atomic E-state index is 6.36.